The number of carbonyl (C=O) groups is 2. The lowest BCUT2D eigenvalue weighted by atomic mass is 9.78. The average Bonchev–Trinajstić information content (AvgIpc) is 2.22. The Hall–Kier alpha value is -1.06. The number of rotatable bonds is 4. The highest BCUT2D eigenvalue weighted by molar-refractivity contribution is 5.80. The Balaban J connectivity index is 2.35. The highest BCUT2D eigenvalue weighted by atomic mass is 16.4. The molecule has 0 bridgehead atoms. The van der Waals surface area contributed by atoms with Gasteiger partial charge in [0.1, 0.15) is 0 Å². The lowest BCUT2D eigenvalue weighted by molar-refractivity contribution is -0.305. The first-order valence-electron chi connectivity index (χ1n) is 6.00. The third kappa shape index (κ3) is 3.83. The van der Waals surface area contributed by atoms with E-state index in [9.17, 15) is 14.7 Å². The Bertz CT molecular complexity index is 265. The molecule has 1 N–H and O–H groups in total. The first kappa shape index (κ1) is 13.0. The number of carboxylic acid groups (broad SMARTS) is 1. The summed E-state index contributed by atoms with van der Waals surface area (Å²) in [6.45, 7) is 4.34. The van der Waals surface area contributed by atoms with Crippen molar-refractivity contribution in [3.05, 3.63) is 0 Å². The van der Waals surface area contributed by atoms with Gasteiger partial charge in [-0.1, -0.05) is 26.7 Å². The van der Waals surface area contributed by atoms with Crippen molar-refractivity contribution in [2.45, 2.75) is 52.0 Å². The van der Waals surface area contributed by atoms with Gasteiger partial charge in [-0.3, -0.25) is 4.79 Å². The van der Waals surface area contributed by atoms with Crippen molar-refractivity contribution in [2.24, 2.45) is 11.8 Å². The summed E-state index contributed by atoms with van der Waals surface area (Å²) < 4.78 is 0. The van der Waals surface area contributed by atoms with Gasteiger partial charge in [0, 0.05) is 18.4 Å². The second-order valence-electron chi connectivity index (χ2n) is 4.81. The van der Waals surface area contributed by atoms with Gasteiger partial charge in [0.2, 0.25) is 5.91 Å². The summed E-state index contributed by atoms with van der Waals surface area (Å²) >= 11 is 0. The van der Waals surface area contributed by atoms with Crippen LogP contribution in [-0.4, -0.2) is 17.9 Å². The van der Waals surface area contributed by atoms with Gasteiger partial charge in [-0.2, -0.15) is 0 Å². The second-order valence-corrected chi connectivity index (χ2v) is 4.81. The van der Waals surface area contributed by atoms with E-state index in [1.54, 1.807) is 0 Å². The van der Waals surface area contributed by atoms with E-state index < -0.39 is 5.97 Å². The minimum Gasteiger partial charge on any atom is -0.550 e. The van der Waals surface area contributed by atoms with Gasteiger partial charge in [0.05, 0.1) is 0 Å². The molecule has 1 amide bonds. The molecule has 1 fully saturated rings. The predicted octanol–water partition coefficient (Wildman–Crippen LogP) is 0.457. The Morgan fingerprint density at radius 2 is 1.94 bits per heavy atom. The van der Waals surface area contributed by atoms with E-state index >= 15 is 0 Å². The van der Waals surface area contributed by atoms with Crippen molar-refractivity contribution in [2.75, 3.05) is 0 Å². The van der Waals surface area contributed by atoms with E-state index in [1.165, 1.54) is 6.42 Å². The molecule has 0 radical (unpaired) electrons. The van der Waals surface area contributed by atoms with E-state index in [2.05, 4.69) is 19.2 Å². The standard InChI is InChI=1S/C12H21NO3/c1-8-4-3-5-10(9(8)2)13-11(14)6-7-12(15)16/h8-10H,3-7H2,1-2H3,(H,13,14)(H,15,16)/p-1/t8-,9+,10-/m0/s1. The molecule has 1 aliphatic rings. The van der Waals surface area contributed by atoms with Crippen LogP contribution in [0.25, 0.3) is 0 Å². The zero-order chi connectivity index (χ0) is 12.1. The van der Waals surface area contributed by atoms with Gasteiger partial charge >= 0.3 is 0 Å². The maximum atomic E-state index is 11.5. The van der Waals surface area contributed by atoms with E-state index in [0.29, 0.717) is 11.8 Å². The molecule has 4 nitrogen and oxygen atoms in total. The van der Waals surface area contributed by atoms with Crippen molar-refractivity contribution in [3.8, 4) is 0 Å². The molecule has 1 aliphatic carbocycles. The van der Waals surface area contributed by atoms with Gasteiger partial charge in [0.15, 0.2) is 0 Å². The lowest BCUT2D eigenvalue weighted by Crippen LogP contribution is -2.44. The largest absolute Gasteiger partial charge is 0.550 e. The monoisotopic (exact) mass is 226 g/mol. The number of carboxylic acids is 1. The molecule has 0 spiro atoms. The van der Waals surface area contributed by atoms with Crippen LogP contribution in [-0.2, 0) is 9.59 Å². The number of nitrogens with one attached hydrogen (secondary N) is 1. The van der Waals surface area contributed by atoms with Crippen molar-refractivity contribution >= 4 is 11.9 Å². The predicted molar refractivity (Wildman–Crippen MR) is 58.4 cm³/mol. The molecule has 0 aliphatic heterocycles. The van der Waals surface area contributed by atoms with Crippen LogP contribution in [0.4, 0.5) is 0 Å². The van der Waals surface area contributed by atoms with E-state index in [1.807, 2.05) is 0 Å². The summed E-state index contributed by atoms with van der Waals surface area (Å²) in [7, 11) is 0. The number of aliphatic carboxylic acids is 1. The third-order valence-electron chi connectivity index (χ3n) is 3.61. The summed E-state index contributed by atoms with van der Waals surface area (Å²) in [5, 5.41) is 13.1. The highest BCUT2D eigenvalue weighted by Gasteiger charge is 2.27. The third-order valence-corrected chi connectivity index (χ3v) is 3.61. The van der Waals surface area contributed by atoms with Crippen molar-refractivity contribution in [1.82, 2.24) is 5.32 Å². The SMILES string of the molecule is C[C@H]1[C@@H](NC(=O)CCC(=O)[O-])CCC[C@@H]1C. The van der Waals surface area contributed by atoms with Crippen LogP contribution in [0.3, 0.4) is 0 Å². The second kappa shape index (κ2) is 5.87. The highest BCUT2D eigenvalue weighted by Crippen LogP contribution is 2.29. The van der Waals surface area contributed by atoms with Gasteiger partial charge in [-0.15, -0.1) is 0 Å². The first-order valence-corrected chi connectivity index (χ1v) is 6.00. The fourth-order valence-electron chi connectivity index (χ4n) is 2.28. The molecule has 0 aromatic carbocycles. The van der Waals surface area contributed by atoms with Crippen LogP contribution in [0.1, 0.15) is 46.0 Å². The number of hydrogen-bond acceptors (Lipinski definition) is 3. The molecule has 0 aromatic heterocycles. The molecular formula is C12H20NO3-. The van der Waals surface area contributed by atoms with E-state index in [0.717, 1.165) is 12.8 Å². The van der Waals surface area contributed by atoms with Gasteiger partial charge in [-0.05, 0) is 24.7 Å². The molecular weight excluding hydrogens is 206 g/mol. The maximum Gasteiger partial charge on any atom is 0.220 e. The summed E-state index contributed by atoms with van der Waals surface area (Å²) in [6.07, 6.45) is 3.19. The molecule has 0 aromatic rings. The summed E-state index contributed by atoms with van der Waals surface area (Å²) in [4.78, 5) is 21.7. The zero-order valence-corrected chi connectivity index (χ0v) is 9.99. The van der Waals surface area contributed by atoms with Gasteiger partial charge < -0.3 is 15.2 Å². The van der Waals surface area contributed by atoms with Crippen LogP contribution >= 0.6 is 0 Å². The number of carbonyl (C=O) groups excluding carboxylic acids is 2. The van der Waals surface area contributed by atoms with Crippen LogP contribution in [0.5, 0.6) is 0 Å². The fourth-order valence-corrected chi connectivity index (χ4v) is 2.28. The topological polar surface area (TPSA) is 69.2 Å². The van der Waals surface area contributed by atoms with Crippen molar-refractivity contribution < 1.29 is 14.7 Å². The molecule has 3 atom stereocenters. The van der Waals surface area contributed by atoms with E-state index in [4.69, 9.17) is 0 Å². The molecule has 92 valence electrons. The normalized spacial score (nSPS) is 29.8. The minimum atomic E-state index is -1.17. The number of hydrogen-bond donors (Lipinski definition) is 1. The molecule has 1 rings (SSSR count). The average molecular weight is 226 g/mol. The molecule has 0 unspecified atom stereocenters. The van der Waals surface area contributed by atoms with Crippen molar-refractivity contribution in [1.29, 1.82) is 0 Å². The van der Waals surface area contributed by atoms with Crippen LogP contribution in [0, 0.1) is 11.8 Å². The smallest absolute Gasteiger partial charge is 0.220 e. The summed E-state index contributed by atoms with van der Waals surface area (Å²) in [5.41, 5.74) is 0. The first-order chi connectivity index (χ1) is 7.50. The van der Waals surface area contributed by atoms with Gasteiger partial charge in [-0.25, -0.2) is 0 Å². The number of amides is 1. The Morgan fingerprint density at radius 3 is 2.56 bits per heavy atom. The molecule has 4 heteroatoms. The van der Waals surface area contributed by atoms with Crippen molar-refractivity contribution in [3.63, 3.8) is 0 Å². The van der Waals surface area contributed by atoms with Gasteiger partial charge in [0.25, 0.3) is 0 Å². The summed E-state index contributed by atoms with van der Waals surface area (Å²) in [5.74, 6) is -0.240. The Morgan fingerprint density at radius 1 is 1.25 bits per heavy atom. The molecule has 0 heterocycles. The molecule has 16 heavy (non-hydrogen) atoms. The Kier molecular flexibility index (Phi) is 4.77. The zero-order valence-electron chi connectivity index (χ0n) is 9.99. The van der Waals surface area contributed by atoms with Crippen LogP contribution < -0.4 is 10.4 Å². The molecule has 1 saturated carbocycles. The van der Waals surface area contributed by atoms with Crippen LogP contribution in [0.15, 0.2) is 0 Å². The quantitative estimate of drug-likeness (QED) is 0.757. The lowest BCUT2D eigenvalue weighted by Gasteiger charge is -2.34. The summed E-state index contributed by atoms with van der Waals surface area (Å²) in [6, 6.07) is 0.206. The Labute approximate surface area is 96.4 Å². The maximum absolute atomic E-state index is 11.5. The van der Waals surface area contributed by atoms with E-state index in [-0.39, 0.29) is 24.8 Å². The molecule has 0 saturated heterocycles. The van der Waals surface area contributed by atoms with Crippen LogP contribution in [0.2, 0.25) is 0 Å². The minimum absolute atomic E-state index is 0.0277. The fraction of sp³-hybridized carbons (Fsp3) is 0.833.